The molecular formula is C18H23N5O2. The first kappa shape index (κ1) is 17.3. The second-order valence-electron chi connectivity index (χ2n) is 6.26. The Kier molecular flexibility index (Phi) is 5.55. The van der Waals surface area contributed by atoms with Crippen LogP contribution in [0.5, 0.6) is 0 Å². The number of aryl methyl sites for hydroxylation is 1. The number of piperidine rings is 1. The predicted octanol–water partition coefficient (Wildman–Crippen LogP) is 2.28. The van der Waals surface area contributed by atoms with Crippen molar-refractivity contribution in [2.24, 2.45) is 0 Å². The molecule has 132 valence electrons. The molecule has 1 N–H and O–H groups in total. The van der Waals surface area contributed by atoms with Crippen molar-refractivity contribution in [2.75, 3.05) is 32.1 Å². The van der Waals surface area contributed by atoms with Crippen molar-refractivity contribution in [3.05, 3.63) is 41.9 Å². The van der Waals surface area contributed by atoms with Crippen molar-refractivity contribution in [3.63, 3.8) is 0 Å². The molecule has 1 atom stereocenters. The molecule has 0 unspecified atom stereocenters. The number of hydrogen-bond acceptors (Lipinski definition) is 6. The Morgan fingerprint density at radius 2 is 2.24 bits per heavy atom. The van der Waals surface area contributed by atoms with Gasteiger partial charge in [-0.15, -0.1) is 0 Å². The van der Waals surface area contributed by atoms with Gasteiger partial charge in [0.05, 0.1) is 5.69 Å². The number of ether oxygens (including phenoxy) is 1. The first-order valence-corrected chi connectivity index (χ1v) is 8.45. The normalized spacial score (nSPS) is 17.4. The van der Waals surface area contributed by atoms with Crippen molar-refractivity contribution >= 4 is 17.7 Å². The van der Waals surface area contributed by atoms with E-state index in [1.165, 1.54) is 0 Å². The second kappa shape index (κ2) is 8.02. The molecule has 0 bridgehead atoms. The lowest BCUT2D eigenvalue weighted by molar-refractivity contribution is -0.136. The first-order valence-electron chi connectivity index (χ1n) is 8.45. The zero-order valence-electron chi connectivity index (χ0n) is 14.6. The summed E-state index contributed by atoms with van der Waals surface area (Å²) in [5, 5.41) is 3.13. The van der Waals surface area contributed by atoms with Gasteiger partial charge in [0.25, 0.3) is 0 Å². The van der Waals surface area contributed by atoms with Gasteiger partial charge in [0.1, 0.15) is 12.4 Å². The minimum atomic E-state index is 0.0310. The molecule has 7 nitrogen and oxygen atoms in total. The van der Waals surface area contributed by atoms with Crippen LogP contribution < -0.4 is 5.32 Å². The highest BCUT2D eigenvalue weighted by atomic mass is 16.5. The summed E-state index contributed by atoms with van der Waals surface area (Å²) in [6, 6.07) is 5.81. The standard InChI is InChI=1S/C18H23N5O2/c1-13-5-6-16(20-10-13)22-18-19-8-7-15(21-18)14-4-3-9-23(11-14)17(24)12-25-2/h5-8,10,14H,3-4,9,11-12H2,1-2H3,(H,19,20,21,22)/t14-/m1/s1. The molecule has 0 radical (unpaired) electrons. The van der Waals surface area contributed by atoms with Gasteiger partial charge < -0.3 is 15.0 Å². The van der Waals surface area contributed by atoms with Gasteiger partial charge >= 0.3 is 0 Å². The van der Waals surface area contributed by atoms with E-state index in [9.17, 15) is 4.79 Å². The molecule has 0 aromatic carbocycles. The summed E-state index contributed by atoms with van der Waals surface area (Å²) in [7, 11) is 1.54. The number of nitrogens with one attached hydrogen (secondary N) is 1. The third-order valence-corrected chi connectivity index (χ3v) is 4.29. The third-order valence-electron chi connectivity index (χ3n) is 4.29. The topological polar surface area (TPSA) is 80.2 Å². The van der Waals surface area contributed by atoms with E-state index in [4.69, 9.17) is 4.74 Å². The van der Waals surface area contributed by atoms with Crippen LogP contribution in [0.1, 0.15) is 30.0 Å². The number of anilines is 2. The largest absolute Gasteiger partial charge is 0.375 e. The summed E-state index contributed by atoms with van der Waals surface area (Å²) < 4.78 is 4.96. The minimum absolute atomic E-state index is 0.0310. The van der Waals surface area contributed by atoms with Crippen LogP contribution in [0.4, 0.5) is 11.8 Å². The zero-order chi connectivity index (χ0) is 17.6. The quantitative estimate of drug-likeness (QED) is 0.899. The van der Waals surface area contributed by atoms with Crippen LogP contribution in [0, 0.1) is 6.92 Å². The summed E-state index contributed by atoms with van der Waals surface area (Å²) in [4.78, 5) is 27.1. The molecule has 1 aliphatic heterocycles. The monoisotopic (exact) mass is 341 g/mol. The highest BCUT2D eigenvalue weighted by molar-refractivity contribution is 5.77. The third kappa shape index (κ3) is 4.51. The SMILES string of the molecule is COCC(=O)N1CCC[C@@H](c2ccnc(Nc3ccc(C)cn3)n2)C1. The van der Waals surface area contributed by atoms with Crippen molar-refractivity contribution in [2.45, 2.75) is 25.7 Å². The number of nitrogens with zero attached hydrogens (tertiary/aromatic N) is 4. The fourth-order valence-corrected chi connectivity index (χ4v) is 2.98. The van der Waals surface area contributed by atoms with Gasteiger partial charge in [0.15, 0.2) is 0 Å². The molecule has 2 aromatic rings. The average Bonchev–Trinajstić information content (AvgIpc) is 2.64. The highest BCUT2D eigenvalue weighted by Crippen LogP contribution is 2.26. The van der Waals surface area contributed by atoms with Crippen LogP contribution in [-0.4, -0.2) is 52.6 Å². The predicted molar refractivity (Wildman–Crippen MR) is 94.7 cm³/mol. The van der Waals surface area contributed by atoms with Crippen molar-refractivity contribution < 1.29 is 9.53 Å². The van der Waals surface area contributed by atoms with Gasteiger partial charge in [-0.1, -0.05) is 6.07 Å². The average molecular weight is 341 g/mol. The van der Waals surface area contributed by atoms with Gasteiger partial charge in [-0.25, -0.2) is 15.0 Å². The van der Waals surface area contributed by atoms with Crippen LogP contribution in [0.3, 0.4) is 0 Å². The number of hydrogen-bond donors (Lipinski definition) is 1. The Bertz CT molecular complexity index is 720. The number of pyridine rings is 1. The lowest BCUT2D eigenvalue weighted by atomic mass is 9.94. The molecule has 7 heteroatoms. The Labute approximate surface area is 147 Å². The molecule has 2 aromatic heterocycles. The maximum Gasteiger partial charge on any atom is 0.248 e. The molecule has 3 heterocycles. The number of amides is 1. The van der Waals surface area contributed by atoms with Crippen LogP contribution in [-0.2, 0) is 9.53 Å². The van der Waals surface area contributed by atoms with Crippen LogP contribution in [0.25, 0.3) is 0 Å². The number of aromatic nitrogens is 3. The van der Waals surface area contributed by atoms with E-state index in [2.05, 4.69) is 20.3 Å². The smallest absolute Gasteiger partial charge is 0.248 e. The maximum absolute atomic E-state index is 12.1. The van der Waals surface area contributed by atoms with Crippen molar-refractivity contribution in [1.82, 2.24) is 19.9 Å². The highest BCUT2D eigenvalue weighted by Gasteiger charge is 2.25. The second-order valence-corrected chi connectivity index (χ2v) is 6.26. The van der Waals surface area contributed by atoms with Crippen molar-refractivity contribution in [1.29, 1.82) is 0 Å². The summed E-state index contributed by atoms with van der Waals surface area (Å²) in [5.74, 6) is 1.48. The fraction of sp³-hybridized carbons (Fsp3) is 0.444. The number of carbonyl (C=O) groups is 1. The molecule has 1 amide bonds. The summed E-state index contributed by atoms with van der Waals surface area (Å²) >= 11 is 0. The molecule has 3 rings (SSSR count). The molecule has 0 spiro atoms. The van der Waals surface area contributed by atoms with E-state index in [1.807, 2.05) is 30.0 Å². The van der Waals surface area contributed by atoms with Gasteiger partial charge in [0.2, 0.25) is 11.9 Å². The van der Waals surface area contributed by atoms with Gasteiger partial charge in [-0.3, -0.25) is 4.79 Å². The van der Waals surface area contributed by atoms with E-state index in [0.29, 0.717) is 18.3 Å². The van der Waals surface area contributed by atoms with Crippen LogP contribution in [0.15, 0.2) is 30.6 Å². The Hall–Kier alpha value is -2.54. The molecule has 1 fully saturated rings. The molecule has 0 saturated carbocycles. The molecule has 1 saturated heterocycles. The van der Waals surface area contributed by atoms with E-state index < -0.39 is 0 Å². The molecule has 0 aliphatic carbocycles. The fourth-order valence-electron chi connectivity index (χ4n) is 2.98. The lowest BCUT2D eigenvalue weighted by Gasteiger charge is -2.32. The van der Waals surface area contributed by atoms with Crippen LogP contribution in [0.2, 0.25) is 0 Å². The molecule has 25 heavy (non-hydrogen) atoms. The van der Waals surface area contributed by atoms with E-state index in [-0.39, 0.29) is 18.4 Å². The lowest BCUT2D eigenvalue weighted by Crippen LogP contribution is -2.41. The van der Waals surface area contributed by atoms with Gasteiger partial charge in [0, 0.05) is 38.5 Å². The minimum Gasteiger partial charge on any atom is -0.375 e. The Balaban J connectivity index is 1.70. The Morgan fingerprint density at radius 1 is 1.36 bits per heavy atom. The molecular weight excluding hydrogens is 318 g/mol. The van der Waals surface area contributed by atoms with E-state index in [1.54, 1.807) is 19.5 Å². The van der Waals surface area contributed by atoms with Gasteiger partial charge in [-0.05, 0) is 37.5 Å². The maximum atomic E-state index is 12.1. The van der Waals surface area contributed by atoms with Gasteiger partial charge in [-0.2, -0.15) is 0 Å². The van der Waals surface area contributed by atoms with E-state index >= 15 is 0 Å². The van der Waals surface area contributed by atoms with Crippen molar-refractivity contribution in [3.8, 4) is 0 Å². The Morgan fingerprint density at radius 3 is 3.00 bits per heavy atom. The number of likely N-dealkylation sites (tertiary alicyclic amines) is 1. The number of carbonyl (C=O) groups excluding carboxylic acids is 1. The first-order chi connectivity index (χ1) is 12.2. The molecule has 1 aliphatic rings. The van der Waals surface area contributed by atoms with E-state index in [0.717, 1.165) is 30.6 Å². The summed E-state index contributed by atoms with van der Waals surface area (Å²) in [6.45, 7) is 3.57. The summed E-state index contributed by atoms with van der Waals surface area (Å²) in [5.41, 5.74) is 2.04. The number of methoxy groups -OCH3 is 1. The zero-order valence-corrected chi connectivity index (χ0v) is 14.6. The summed E-state index contributed by atoms with van der Waals surface area (Å²) in [6.07, 6.45) is 5.52. The number of rotatable bonds is 5. The van der Waals surface area contributed by atoms with Crippen LogP contribution >= 0.6 is 0 Å².